The van der Waals surface area contributed by atoms with Crippen LogP contribution < -0.4 is 5.32 Å². The van der Waals surface area contributed by atoms with Crippen LogP contribution in [0.15, 0.2) is 24.3 Å². The van der Waals surface area contributed by atoms with E-state index < -0.39 is 0 Å². The van der Waals surface area contributed by atoms with Crippen molar-refractivity contribution in [1.29, 1.82) is 0 Å². The van der Waals surface area contributed by atoms with Crippen LogP contribution in [0.5, 0.6) is 0 Å². The number of likely N-dealkylation sites (N-methyl/N-ethyl adjacent to an activating group) is 1. The molecule has 0 atom stereocenters. The first kappa shape index (κ1) is 14.1. The Morgan fingerprint density at radius 2 is 1.88 bits per heavy atom. The molecule has 0 fully saturated rings. The molecule has 0 saturated heterocycles. The van der Waals surface area contributed by atoms with E-state index in [1.807, 2.05) is 12.1 Å². The van der Waals surface area contributed by atoms with Crippen LogP contribution in [0.3, 0.4) is 0 Å². The zero-order valence-corrected chi connectivity index (χ0v) is 10.9. The maximum Gasteiger partial charge on any atom is 0.123 e. The number of hydrogen-bond donors (Lipinski definition) is 1. The third-order valence-electron chi connectivity index (χ3n) is 2.74. The Morgan fingerprint density at radius 3 is 2.53 bits per heavy atom. The SMILES string of the molecule is CCCCNCCN(C)Cc1ccc(F)cc1. The zero-order valence-electron chi connectivity index (χ0n) is 10.9. The molecule has 0 bridgehead atoms. The second-order valence-electron chi connectivity index (χ2n) is 4.47. The van der Waals surface area contributed by atoms with Gasteiger partial charge in [0, 0.05) is 19.6 Å². The largest absolute Gasteiger partial charge is 0.315 e. The molecule has 0 aliphatic carbocycles. The highest BCUT2D eigenvalue weighted by atomic mass is 19.1. The summed E-state index contributed by atoms with van der Waals surface area (Å²) in [6, 6.07) is 6.72. The van der Waals surface area contributed by atoms with E-state index in [1.54, 1.807) is 0 Å². The van der Waals surface area contributed by atoms with Gasteiger partial charge in [0.2, 0.25) is 0 Å². The van der Waals surface area contributed by atoms with Crippen molar-refractivity contribution in [2.24, 2.45) is 0 Å². The Labute approximate surface area is 104 Å². The van der Waals surface area contributed by atoms with Gasteiger partial charge in [-0.15, -0.1) is 0 Å². The van der Waals surface area contributed by atoms with E-state index >= 15 is 0 Å². The van der Waals surface area contributed by atoms with Crippen LogP contribution in [-0.2, 0) is 6.54 Å². The molecule has 0 radical (unpaired) electrons. The molecular weight excluding hydrogens is 215 g/mol. The van der Waals surface area contributed by atoms with Crippen LogP contribution in [0.2, 0.25) is 0 Å². The fourth-order valence-electron chi connectivity index (χ4n) is 1.68. The topological polar surface area (TPSA) is 15.3 Å². The molecule has 96 valence electrons. The molecule has 1 aromatic rings. The molecule has 2 nitrogen and oxygen atoms in total. The second-order valence-corrected chi connectivity index (χ2v) is 4.47. The Morgan fingerprint density at radius 1 is 1.18 bits per heavy atom. The highest BCUT2D eigenvalue weighted by molar-refractivity contribution is 5.15. The third-order valence-corrected chi connectivity index (χ3v) is 2.74. The minimum absolute atomic E-state index is 0.169. The molecule has 1 rings (SSSR count). The molecule has 0 unspecified atom stereocenters. The van der Waals surface area contributed by atoms with E-state index in [4.69, 9.17) is 0 Å². The van der Waals surface area contributed by atoms with Gasteiger partial charge in [-0.1, -0.05) is 25.5 Å². The van der Waals surface area contributed by atoms with Crippen LogP contribution in [0.25, 0.3) is 0 Å². The summed E-state index contributed by atoms with van der Waals surface area (Å²) in [5.74, 6) is -0.169. The van der Waals surface area contributed by atoms with Crippen molar-refractivity contribution in [2.75, 3.05) is 26.7 Å². The van der Waals surface area contributed by atoms with Crippen molar-refractivity contribution in [3.63, 3.8) is 0 Å². The average molecular weight is 238 g/mol. The number of nitrogens with zero attached hydrogens (tertiary/aromatic N) is 1. The molecule has 0 saturated carbocycles. The van der Waals surface area contributed by atoms with Gasteiger partial charge in [-0.05, 0) is 37.7 Å². The van der Waals surface area contributed by atoms with Gasteiger partial charge in [-0.3, -0.25) is 0 Å². The molecule has 0 heterocycles. The predicted molar refractivity (Wildman–Crippen MR) is 70.5 cm³/mol. The van der Waals surface area contributed by atoms with E-state index in [0.29, 0.717) is 0 Å². The van der Waals surface area contributed by atoms with Crippen molar-refractivity contribution in [3.05, 3.63) is 35.6 Å². The lowest BCUT2D eigenvalue weighted by molar-refractivity contribution is 0.324. The van der Waals surface area contributed by atoms with Gasteiger partial charge < -0.3 is 10.2 Å². The van der Waals surface area contributed by atoms with Gasteiger partial charge in [-0.25, -0.2) is 4.39 Å². The van der Waals surface area contributed by atoms with Crippen molar-refractivity contribution in [1.82, 2.24) is 10.2 Å². The van der Waals surface area contributed by atoms with E-state index in [-0.39, 0.29) is 5.82 Å². The first-order valence-electron chi connectivity index (χ1n) is 6.36. The summed E-state index contributed by atoms with van der Waals surface area (Å²) in [6.07, 6.45) is 2.47. The predicted octanol–water partition coefficient (Wildman–Crippen LogP) is 2.65. The molecule has 3 heteroatoms. The number of nitrogens with one attached hydrogen (secondary N) is 1. The second kappa shape index (κ2) is 8.20. The van der Waals surface area contributed by atoms with Gasteiger partial charge >= 0.3 is 0 Å². The molecule has 17 heavy (non-hydrogen) atoms. The van der Waals surface area contributed by atoms with Gasteiger partial charge in [0.15, 0.2) is 0 Å². The normalized spacial score (nSPS) is 11.1. The Kier molecular flexibility index (Phi) is 6.82. The van der Waals surface area contributed by atoms with Crippen molar-refractivity contribution in [2.45, 2.75) is 26.3 Å². The van der Waals surface area contributed by atoms with Gasteiger partial charge in [-0.2, -0.15) is 0 Å². The smallest absolute Gasteiger partial charge is 0.123 e. The average Bonchev–Trinajstić information content (AvgIpc) is 2.32. The summed E-state index contributed by atoms with van der Waals surface area (Å²) >= 11 is 0. The molecular formula is C14H23FN2. The molecule has 0 amide bonds. The molecule has 0 spiro atoms. The summed E-state index contributed by atoms with van der Waals surface area (Å²) < 4.78 is 12.7. The van der Waals surface area contributed by atoms with Gasteiger partial charge in [0.25, 0.3) is 0 Å². The molecule has 0 aromatic heterocycles. The van der Waals surface area contributed by atoms with Crippen LogP contribution in [-0.4, -0.2) is 31.6 Å². The summed E-state index contributed by atoms with van der Waals surface area (Å²) in [7, 11) is 2.09. The summed E-state index contributed by atoms with van der Waals surface area (Å²) in [4.78, 5) is 2.24. The monoisotopic (exact) mass is 238 g/mol. The quantitative estimate of drug-likeness (QED) is 0.700. The van der Waals surface area contributed by atoms with Crippen molar-refractivity contribution in [3.8, 4) is 0 Å². The van der Waals surface area contributed by atoms with E-state index in [9.17, 15) is 4.39 Å². The molecule has 0 aliphatic heterocycles. The fraction of sp³-hybridized carbons (Fsp3) is 0.571. The van der Waals surface area contributed by atoms with Crippen LogP contribution in [0, 0.1) is 5.82 Å². The lowest BCUT2D eigenvalue weighted by Crippen LogP contribution is -2.29. The van der Waals surface area contributed by atoms with E-state index in [1.165, 1.54) is 25.0 Å². The summed E-state index contributed by atoms with van der Waals surface area (Å²) in [5, 5.41) is 3.41. The van der Waals surface area contributed by atoms with Crippen LogP contribution in [0.1, 0.15) is 25.3 Å². The summed E-state index contributed by atoms with van der Waals surface area (Å²) in [6.45, 7) is 6.19. The lowest BCUT2D eigenvalue weighted by atomic mass is 10.2. The minimum Gasteiger partial charge on any atom is -0.315 e. The number of unbranched alkanes of at least 4 members (excludes halogenated alkanes) is 1. The molecule has 1 aromatic carbocycles. The highest BCUT2D eigenvalue weighted by Gasteiger charge is 2.00. The number of halogens is 1. The zero-order chi connectivity index (χ0) is 12.5. The van der Waals surface area contributed by atoms with Crippen LogP contribution >= 0.6 is 0 Å². The van der Waals surface area contributed by atoms with Crippen LogP contribution in [0.4, 0.5) is 4.39 Å². The first-order chi connectivity index (χ1) is 8.22. The standard InChI is InChI=1S/C14H23FN2/c1-3-4-9-16-10-11-17(2)12-13-5-7-14(15)8-6-13/h5-8,16H,3-4,9-12H2,1-2H3. The maximum absolute atomic E-state index is 12.7. The third kappa shape index (κ3) is 6.39. The van der Waals surface area contributed by atoms with Crippen molar-refractivity contribution < 1.29 is 4.39 Å². The fourth-order valence-corrected chi connectivity index (χ4v) is 1.68. The van der Waals surface area contributed by atoms with E-state index in [2.05, 4.69) is 24.2 Å². The van der Waals surface area contributed by atoms with Gasteiger partial charge in [0.05, 0.1) is 0 Å². The lowest BCUT2D eigenvalue weighted by Gasteiger charge is -2.17. The minimum atomic E-state index is -0.169. The summed E-state index contributed by atoms with van der Waals surface area (Å²) in [5.41, 5.74) is 1.16. The van der Waals surface area contributed by atoms with Gasteiger partial charge in [0.1, 0.15) is 5.82 Å². The molecule has 0 aliphatic rings. The Hall–Kier alpha value is -0.930. The van der Waals surface area contributed by atoms with E-state index in [0.717, 1.165) is 31.7 Å². The molecule has 1 N–H and O–H groups in total. The Bertz CT molecular complexity index is 298. The number of benzene rings is 1. The number of hydrogen-bond acceptors (Lipinski definition) is 2. The first-order valence-corrected chi connectivity index (χ1v) is 6.36. The van der Waals surface area contributed by atoms with Crippen molar-refractivity contribution >= 4 is 0 Å². The highest BCUT2D eigenvalue weighted by Crippen LogP contribution is 2.04. The Balaban J connectivity index is 2.16. The maximum atomic E-state index is 12.7. The number of rotatable bonds is 8.